The summed E-state index contributed by atoms with van der Waals surface area (Å²) in [6, 6.07) is 11.6. The highest BCUT2D eigenvalue weighted by atomic mass is 32.2. The summed E-state index contributed by atoms with van der Waals surface area (Å²) in [5.41, 5.74) is 2.40. The van der Waals surface area contributed by atoms with E-state index in [-0.39, 0.29) is 10.8 Å². The van der Waals surface area contributed by atoms with Crippen molar-refractivity contribution in [2.24, 2.45) is 0 Å². The lowest BCUT2D eigenvalue weighted by Gasteiger charge is -2.12. The number of carbonyl (C=O) groups is 1. The number of hydrogen-bond donors (Lipinski definition) is 2. The number of benzene rings is 2. The molecule has 2 N–H and O–H groups in total. The van der Waals surface area contributed by atoms with Crippen LogP contribution in [0.25, 0.3) is 0 Å². The summed E-state index contributed by atoms with van der Waals surface area (Å²) in [7, 11) is -2.25. The molecule has 5 nitrogen and oxygen atoms in total. The molecule has 0 bridgehead atoms. The average Bonchev–Trinajstić information content (AvgIpc) is 2.49. The Morgan fingerprint density at radius 2 is 1.64 bits per heavy atom. The lowest BCUT2D eigenvalue weighted by atomic mass is 10.1. The molecule has 0 radical (unpaired) electrons. The van der Waals surface area contributed by atoms with Crippen LogP contribution in [0.1, 0.15) is 21.5 Å². The maximum absolute atomic E-state index is 12.5. The van der Waals surface area contributed by atoms with E-state index in [9.17, 15) is 13.2 Å². The zero-order valence-electron chi connectivity index (χ0n) is 12.7. The van der Waals surface area contributed by atoms with E-state index >= 15 is 0 Å². The van der Waals surface area contributed by atoms with Crippen LogP contribution in [0.2, 0.25) is 0 Å². The largest absolute Gasteiger partial charge is 0.355 e. The maximum atomic E-state index is 12.5. The van der Waals surface area contributed by atoms with Crippen molar-refractivity contribution in [1.82, 2.24) is 5.32 Å². The molecule has 0 aliphatic rings. The molecule has 0 unspecified atom stereocenters. The first-order valence-electron chi connectivity index (χ1n) is 6.76. The van der Waals surface area contributed by atoms with Gasteiger partial charge < -0.3 is 5.32 Å². The number of nitrogens with one attached hydrogen (secondary N) is 2. The molecular weight excluding hydrogens is 300 g/mol. The molecule has 6 heteroatoms. The normalized spacial score (nSPS) is 11.0. The van der Waals surface area contributed by atoms with Gasteiger partial charge >= 0.3 is 0 Å². The van der Waals surface area contributed by atoms with Gasteiger partial charge in [-0.05, 0) is 43.7 Å². The Morgan fingerprint density at radius 3 is 2.23 bits per heavy atom. The molecule has 0 aromatic heterocycles. The van der Waals surface area contributed by atoms with Gasteiger partial charge in [-0.1, -0.05) is 23.8 Å². The minimum absolute atomic E-state index is 0.0918. The van der Waals surface area contributed by atoms with Gasteiger partial charge in [0.15, 0.2) is 0 Å². The number of carbonyl (C=O) groups excluding carboxylic acids is 1. The molecule has 1 amide bonds. The Hall–Kier alpha value is -2.34. The molecule has 2 aromatic carbocycles. The second kappa shape index (κ2) is 6.19. The fraction of sp³-hybridized carbons (Fsp3) is 0.188. The minimum Gasteiger partial charge on any atom is -0.355 e. The number of anilines is 1. The van der Waals surface area contributed by atoms with Gasteiger partial charge in [0, 0.05) is 18.3 Å². The molecule has 0 fully saturated rings. The van der Waals surface area contributed by atoms with Crippen LogP contribution in [-0.4, -0.2) is 21.4 Å². The summed E-state index contributed by atoms with van der Waals surface area (Å²) in [6.07, 6.45) is 0. The number of hydrogen-bond acceptors (Lipinski definition) is 3. The standard InChI is InChI=1S/C16H18N2O3S/c1-11-4-8-14(9-5-11)18-22(20,21)15-10-13(16(19)17-3)7-6-12(15)2/h4-10,18H,1-3H3,(H,17,19). The van der Waals surface area contributed by atoms with Crippen molar-refractivity contribution in [3.63, 3.8) is 0 Å². The van der Waals surface area contributed by atoms with Crippen LogP contribution in [0.15, 0.2) is 47.4 Å². The highest BCUT2D eigenvalue weighted by Crippen LogP contribution is 2.21. The number of aryl methyl sites for hydroxylation is 2. The van der Waals surface area contributed by atoms with E-state index in [0.717, 1.165) is 5.56 Å². The lowest BCUT2D eigenvalue weighted by Crippen LogP contribution is -2.20. The van der Waals surface area contributed by atoms with Gasteiger partial charge in [0.05, 0.1) is 4.90 Å². The second-order valence-corrected chi connectivity index (χ2v) is 6.68. The SMILES string of the molecule is CNC(=O)c1ccc(C)c(S(=O)(=O)Nc2ccc(C)cc2)c1. The van der Waals surface area contributed by atoms with Crippen molar-refractivity contribution >= 4 is 21.6 Å². The minimum atomic E-state index is -3.75. The fourth-order valence-electron chi connectivity index (χ4n) is 2.01. The topological polar surface area (TPSA) is 75.3 Å². The van der Waals surface area contributed by atoms with Crippen LogP contribution in [0.5, 0.6) is 0 Å². The zero-order chi connectivity index (χ0) is 16.3. The number of amides is 1. The van der Waals surface area contributed by atoms with Crippen LogP contribution >= 0.6 is 0 Å². The number of rotatable bonds is 4. The van der Waals surface area contributed by atoms with Crippen LogP contribution in [0, 0.1) is 13.8 Å². The van der Waals surface area contributed by atoms with Gasteiger partial charge in [-0.25, -0.2) is 8.42 Å². The summed E-state index contributed by atoms with van der Waals surface area (Å²) in [6.45, 7) is 3.62. The van der Waals surface area contributed by atoms with Crippen molar-refractivity contribution in [2.45, 2.75) is 18.7 Å². The Bertz CT molecular complexity index is 797. The summed E-state index contributed by atoms with van der Waals surface area (Å²) < 4.78 is 27.6. The van der Waals surface area contributed by atoms with E-state index in [1.807, 2.05) is 19.1 Å². The van der Waals surface area contributed by atoms with Gasteiger partial charge in [-0.15, -0.1) is 0 Å². The lowest BCUT2D eigenvalue weighted by molar-refractivity contribution is 0.0963. The predicted octanol–water partition coefficient (Wildman–Crippen LogP) is 2.46. The molecule has 0 saturated carbocycles. The molecule has 0 atom stereocenters. The predicted molar refractivity (Wildman–Crippen MR) is 86.6 cm³/mol. The van der Waals surface area contributed by atoms with Crippen molar-refractivity contribution in [1.29, 1.82) is 0 Å². The summed E-state index contributed by atoms with van der Waals surface area (Å²) in [4.78, 5) is 11.8. The maximum Gasteiger partial charge on any atom is 0.262 e. The van der Waals surface area contributed by atoms with E-state index in [1.165, 1.54) is 13.1 Å². The van der Waals surface area contributed by atoms with Gasteiger partial charge in [0.2, 0.25) is 0 Å². The van der Waals surface area contributed by atoms with Crippen molar-refractivity contribution in [3.05, 3.63) is 59.2 Å². The van der Waals surface area contributed by atoms with E-state index < -0.39 is 10.0 Å². The molecular formula is C16H18N2O3S. The van der Waals surface area contributed by atoms with Crippen LogP contribution in [0.4, 0.5) is 5.69 Å². The van der Waals surface area contributed by atoms with Crippen molar-refractivity contribution in [2.75, 3.05) is 11.8 Å². The zero-order valence-corrected chi connectivity index (χ0v) is 13.5. The molecule has 2 rings (SSSR count). The molecule has 0 aliphatic carbocycles. The summed E-state index contributed by atoms with van der Waals surface area (Å²) >= 11 is 0. The van der Waals surface area contributed by atoms with Crippen LogP contribution in [0.3, 0.4) is 0 Å². The first-order valence-corrected chi connectivity index (χ1v) is 8.24. The molecule has 0 aliphatic heterocycles. The Balaban J connectivity index is 2.40. The van der Waals surface area contributed by atoms with Crippen molar-refractivity contribution in [3.8, 4) is 0 Å². The highest BCUT2D eigenvalue weighted by Gasteiger charge is 2.19. The molecule has 116 valence electrons. The highest BCUT2D eigenvalue weighted by molar-refractivity contribution is 7.92. The molecule has 0 heterocycles. The smallest absolute Gasteiger partial charge is 0.262 e. The number of sulfonamides is 1. The molecule has 22 heavy (non-hydrogen) atoms. The quantitative estimate of drug-likeness (QED) is 0.909. The Morgan fingerprint density at radius 1 is 1.00 bits per heavy atom. The van der Waals surface area contributed by atoms with Gasteiger partial charge in [-0.2, -0.15) is 0 Å². The first kappa shape index (κ1) is 16.0. The van der Waals surface area contributed by atoms with E-state index in [4.69, 9.17) is 0 Å². The van der Waals surface area contributed by atoms with Gasteiger partial charge in [-0.3, -0.25) is 9.52 Å². The Labute approximate surface area is 130 Å². The van der Waals surface area contributed by atoms with Crippen LogP contribution in [-0.2, 0) is 10.0 Å². The third-order valence-electron chi connectivity index (χ3n) is 3.27. The Kier molecular flexibility index (Phi) is 4.51. The van der Waals surface area contributed by atoms with Crippen molar-refractivity contribution < 1.29 is 13.2 Å². The fourth-order valence-corrected chi connectivity index (χ4v) is 3.34. The third-order valence-corrected chi connectivity index (χ3v) is 4.79. The van der Waals surface area contributed by atoms with E-state index in [0.29, 0.717) is 16.8 Å². The molecule has 0 spiro atoms. The average molecular weight is 318 g/mol. The van der Waals surface area contributed by atoms with E-state index in [1.54, 1.807) is 31.2 Å². The molecule has 2 aromatic rings. The first-order chi connectivity index (χ1) is 10.3. The second-order valence-electron chi connectivity index (χ2n) is 5.03. The van der Waals surface area contributed by atoms with E-state index in [2.05, 4.69) is 10.0 Å². The van der Waals surface area contributed by atoms with Gasteiger partial charge in [0.1, 0.15) is 0 Å². The van der Waals surface area contributed by atoms with Gasteiger partial charge in [0.25, 0.3) is 15.9 Å². The van der Waals surface area contributed by atoms with Crippen LogP contribution < -0.4 is 10.0 Å². The monoisotopic (exact) mass is 318 g/mol. The molecule has 0 saturated heterocycles. The summed E-state index contributed by atoms with van der Waals surface area (Å²) in [5, 5.41) is 2.48. The summed E-state index contributed by atoms with van der Waals surface area (Å²) in [5.74, 6) is -0.327. The third kappa shape index (κ3) is 3.46.